The highest BCUT2D eigenvalue weighted by Gasteiger charge is 2.29. The van der Waals surface area contributed by atoms with Crippen molar-refractivity contribution >= 4 is 100 Å². The summed E-state index contributed by atoms with van der Waals surface area (Å²) in [5.74, 6) is 0. The first-order valence-electron chi connectivity index (χ1n) is 12.6. The third kappa shape index (κ3) is 5.50. The first-order valence-corrected chi connectivity index (χ1v) is 17.3. The van der Waals surface area contributed by atoms with Crippen LogP contribution in [0.15, 0.2) is 28.4 Å². The van der Waals surface area contributed by atoms with Crippen LogP contribution in [0.4, 0.5) is 11.4 Å². The van der Waals surface area contributed by atoms with Gasteiger partial charge in [-0.2, -0.15) is 17.5 Å². The average molecular weight is 685 g/mol. The van der Waals surface area contributed by atoms with E-state index in [-0.39, 0.29) is 0 Å². The minimum absolute atomic E-state index is 0.959. The van der Waals surface area contributed by atoms with Crippen LogP contribution in [-0.4, -0.2) is 8.75 Å². The lowest BCUT2D eigenvalue weighted by Gasteiger charge is -2.13. The molecule has 4 nitrogen and oxygen atoms in total. The van der Waals surface area contributed by atoms with Crippen LogP contribution < -0.4 is 0 Å². The van der Waals surface area contributed by atoms with E-state index in [0.717, 1.165) is 53.9 Å². The molecule has 0 atom stereocenters. The molecule has 0 radical (unpaired) electrons. The van der Waals surface area contributed by atoms with Gasteiger partial charge in [0, 0.05) is 9.75 Å². The number of fused-ring (bicyclic) bond motifs is 2. The molecule has 0 bridgehead atoms. The SMILES string of the molecule is CCCCCCc1cc(Br)sc1-c1c2c(c(-c3sc(Br)cc3CCCCCC)c3nsnc13)N=S=N2. The fraction of sp³-hybridized carbons (Fsp3) is 0.462. The number of hydrogen-bond acceptors (Lipinski definition) is 7. The zero-order chi connectivity index (χ0) is 25.1. The van der Waals surface area contributed by atoms with Crippen LogP contribution in [0, 0.1) is 0 Å². The maximum Gasteiger partial charge on any atom is 0.116 e. The lowest BCUT2D eigenvalue weighted by Crippen LogP contribution is -1.92. The molecule has 5 rings (SSSR count). The summed E-state index contributed by atoms with van der Waals surface area (Å²) < 4.78 is 21.7. The number of benzene rings is 1. The van der Waals surface area contributed by atoms with Gasteiger partial charge in [-0.05, 0) is 80.8 Å². The Balaban J connectivity index is 1.62. The Morgan fingerprint density at radius 2 is 1.14 bits per heavy atom. The van der Waals surface area contributed by atoms with Crippen LogP contribution in [0.1, 0.15) is 76.3 Å². The lowest BCUT2D eigenvalue weighted by atomic mass is 9.95. The van der Waals surface area contributed by atoms with Gasteiger partial charge < -0.3 is 0 Å². The summed E-state index contributed by atoms with van der Waals surface area (Å²) in [6.07, 6.45) is 12.1. The molecule has 0 amide bonds. The number of thiophene rings is 2. The highest BCUT2D eigenvalue weighted by atomic mass is 79.9. The second kappa shape index (κ2) is 12.4. The van der Waals surface area contributed by atoms with E-state index in [1.807, 2.05) is 0 Å². The number of aromatic nitrogens is 2. The van der Waals surface area contributed by atoms with Gasteiger partial charge in [0.15, 0.2) is 0 Å². The van der Waals surface area contributed by atoms with E-state index in [4.69, 9.17) is 17.5 Å². The van der Waals surface area contributed by atoms with Gasteiger partial charge >= 0.3 is 0 Å². The van der Waals surface area contributed by atoms with Crippen molar-refractivity contribution in [2.75, 3.05) is 0 Å². The van der Waals surface area contributed by atoms with Gasteiger partial charge in [0.2, 0.25) is 0 Å². The summed E-state index contributed by atoms with van der Waals surface area (Å²) in [5, 5.41) is 0. The van der Waals surface area contributed by atoms with Crippen LogP contribution in [0.3, 0.4) is 0 Å². The predicted molar refractivity (Wildman–Crippen MR) is 167 cm³/mol. The smallest absolute Gasteiger partial charge is 0.116 e. The molecule has 0 spiro atoms. The average Bonchev–Trinajstić information content (AvgIpc) is 3.65. The van der Waals surface area contributed by atoms with Crippen molar-refractivity contribution < 1.29 is 0 Å². The summed E-state index contributed by atoms with van der Waals surface area (Å²) in [4.78, 5) is 2.51. The second-order valence-electron chi connectivity index (χ2n) is 9.10. The highest BCUT2D eigenvalue weighted by molar-refractivity contribution is 9.11. The van der Waals surface area contributed by atoms with Gasteiger partial charge in [0.1, 0.15) is 22.4 Å². The van der Waals surface area contributed by atoms with E-state index in [0.29, 0.717) is 0 Å². The van der Waals surface area contributed by atoms with Gasteiger partial charge in [0.05, 0.1) is 41.8 Å². The fourth-order valence-corrected chi connectivity index (χ4v) is 9.37. The number of hydrogen-bond donors (Lipinski definition) is 0. The molecular weight excluding hydrogens is 656 g/mol. The van der Waals surface area contributed by atoms with Crippen LogP contribution in [0.5, 0.6) is 0 Å². The Kier molecular flexibility index (Phi) is 9.22. The molecule has 0 unspecified atom stereocenters. The molecule has 0 aliphatic carbocycles. The number of rotatable bonds is 12. The molecule has 36 heavy (non-hydrogen) atoms. The minimum atomic E-state index is 0.959. The minimum Gasteiger partial charge on any atom is -0.172 e. The molecule has 1 aliphatic heterocycles. The molecule has 1 aromatic carbocycles. The second-order valence-corrected chi connectivity index (χ2v) is 15.0. The highest BCUT2D eigenvalue weighted by Crippen LogP contribution is 2.56. The van der Waals surface area contributed by atoms with Gasteiger partial charge in [-0.1, -0.05) is 52.4 Å². The zero-order valence-electron chi connectivity index (χ0n) is 20.4. The summed E-state index contributed by atoms with van der Waals surface area (Å²) in [5.41, 5.74) is 8.79. The standard InChI is InChI=1S/C26H28Br2N4S4/c1-3-5-7-9-11-15-13-17(27)33-25(15)19-21-23(31-35-29-21)20(24-22(19)30-36-32-24)26-16(14-18(28)34-26)12-10-8-6-4-2/h13-14H,3-12H2,1-2H3. The Morgan fingerprint density at radius 1 is 0.667 bits per heavy atom. The normalized spacial score (nSPS) is 12.6. The van der Waals surface area contributed by atoms with Crippen molar-refractivity contribution in [3.63, 3.8) is 0 Å². The third-order valence-electron chi connectivity index (χ3n) is 6.54. The van der Waals surface area contributed by atoms with Crippen molar-refractivity contribution in [3.8, 4) is 20.9 Å². The molecule has 0 N–H and O–H groups in total. The molecule has 0 saturated carbocycles. The Hall–Kier alpha value is -0.780. The molecule has 10 heteroatoms. The number of aryl methyl sites for hydroxylation is 2. The van der Waals surface area contributed by atoms with Gasteiger partial charge in [-0.25, -0.2) is 0 Å². The lowest BCUT2D eigenvalue weighted by molar-refractivity contribution is 0.668. The summed E-state index contributed by atoms with van der Waals surface area (Å²) >= 11 is 13.7. The van der Waals surface area contributed by atoms with Crippen LogP contribution in [0.2, 0.25) is 0 Å². The number of unbranched alkanes of at least 4 members (excludes halogenated alkanes) is 6. The number of halogens is 2. The zero-order valence-corrected chi connectivity index (χ0v) is 26.8. The Morgan fingerprint density at radius 3 is 1.58 bits per heavy atom. The van der Waals surface area contributed by atoms with Gasteiger partial charge in [-0.3, -0.25) is 0 Å². The molecule has 3 aromatic heterocycles. The van der Waals surface area contributed by atoms with E-state index < -0.39 is 0 Å². The summed E-state index contributed by atoms with van der Waals surface area (Å²) in [7, 11) is 0. The van der Waals surface area contributed by atoms with Gasteiger partial charge in [-0.15, -0.1) is 22.7 Å². The van der Waals surface area contributed by atoms with Crippen molar-refractivity contribution in [3.05, 3.63) is 30.8 Å². The Labute approximate surface area is 245 Å². The van der Waals surface area contributed by atoms with E-state index in [9.17, 15) is 0 Å². The third-order valence-corrected chi connectivity index (χ3v) is 11.0. The fourth-order valence-electron chi connectivity index (χ4n) is 4.76. The largest absolute Gasteiger partial charge is 0.172 e. The first-order chi connectivity index (χ1) is 17.6. The number of nitrogens with zero attached hydrogens (tertiary/aromatic N) is 4. The quantitative estimate of drug-likeness (QED) is 0.123. The topological polar surface area (TPSA) is 50.5 Å². The van der Waals surface area contributed by atoms with E-state index >= 15 is 0 Å². The van der Waals surface area contributed by atoms with Crippen LogP contribution in [-0.2, 0) is 24.2 Å². The molecular formula is C26H28Br2N4S4. The van der Waals surface area contributed by atoms with Crippen LogP contribution >= 0.6 is 66.3 Å². The van der Waals surface area contributed by atoms with Gasteiger partial charge in [0.25, 0.3) is 0 Å². The maximum absolute atomic E-state index is 4.85. The van der Waals surface area contributed by atoms with Crippen molar-refractivity contribution in [1.82, 2.24) is 8.75 Å². The van der Waals surface area contributed by atoms with Crippen molar-refractivity contribution in [2.45, 2.75) is 78.1 Å². The molecule has 1 aliphatic rings. The summed E-state index contributed by atoms with van der Waals surface area (Å²) in [6, 6.07) is 4.56. The Bertz CT molecular complexity index is 1340. The van der Waals surface area contributed by atoms with Crippen molar-refractivity contribution in [2.24, 2.45) is 8.73 Å². The van der Waals surface area contributed by atoms with E-state index in [1.165, 1.54) is 95.3 Å². The van der Waals surface area contributed by atoms with Crippen LogP contribution in [0.25, 0.3) is 31.9 Å². The molecule has 0 fully saturated rings. The molecule has 4 heterocycles. The first kappa shape index (κ1) is 26.8. The molecule has 4 aromatic rings. The van der Waals surface area contributed by atoms with E-state index in [2.05, 4.69) is 57.8 Å². The monoisotopic (exact) mass is 682 g/mol. The molecule has 190 valence electrons. The summed E-state index contributed by atoms with van der Waals surface area (Å²) in [6.45, 7) is 4.52. The maximum atomic E-state index is 4.85. The molecule has 0 saturated heterocycles. The van der Waals surface area contributed by atoms with Crippen molar-refractivity contribution in [1.29, 1.82) is 0 Å². The van der Waals surface area contributed by atoms with E-state index in [1.54, 1.807) is 22.7 Å². The predicted octanol–water partition coefficient (Wildman–Crippen LogP) is 11.6.